The van der Waals surface area contributed by atoms with E-state index in [1.807, 2.05) is 7.05 Å². The number of aryl methyl sites for hydroxylation is 1. The highest BCUT2D eigenvalue weighted by Crippen LogP contribution is 2.33. The minimum absolute atomic E-state index is 0.682. The van der Waals surface area contributed by atoms with E-state index in [-0.39, 0.29) is 0 Å². The summed E-state index contributed by atoms with van der Waals surface area (Å²) in [5, 5.41) is 7.73. The van der Waals surface area contributed by atoms with Crippen molar-refractivity contribution in [2.45, 2.75) is 39.3 Å². The quantitative estimate of drug-likeness (QED) is 0.812. The Balaban J connectivity index is 1.68. The van der Waals surface area contributed by atoms with Crippen molar-refractivity contribution in [2.75, 3.05) is 0 Å². The van der Waals surface area contributed by atoms with Crippen molar-refractivity contribution in [2.24, 2.45) is 18.9 Å². The van der Waals surface area contributed by atoms with Gasteiger partial charge in [0.2, 0.25) is 0 Å². The SMILES string of the molecule is CC(C)C1CC(NCc2ncn(C)n2)C1. The average Bonchev–Trinajstić information content (AvgIpc) is 2.48. The maximum Gasteiger partial charge on any atom is 0.164 e. The van der Waals surface area contributed by atoms with Gasteiger partial charge in [-0.3, -0.25) is 4.68 Å². The molecule has 0 aromatic carbocycles. The first kappa shape index (κ1) is 10.6. The maximum absolute atomic E-state index is 4.24. The van der Waals surface area contributed by atoms with Gasteiger partial charge in [0.1, 0.15) is 6.33 Å². The summed E-state index contributed by atoms with van der Waals surface area (Å²) in [4.78, 5) is 4.19. The fourth-order valence-corrected chi connectivity index (χ4v) is 2.07. The van der Waals surface area contributed by atoms with Crippen LogP contribution in [0.3, 0.4) is 0 Å². The second-order valence-corrected chi connectivity index (χ2v) is 4.89. The molecule has 1 aromatic rings. The summed E-state index contributed by atoms with van der Waals surface area (Å²) in [5.41, 5.74) is 0. The van der Waals surface area contributed by atoms with E-state index in [4.69, 9.17) is 0 Å². The van der Waals surface area contributed by atoms with Gasteiger partial charge in [0.25, 0.3) is 0 Å². The standard InChI is InChI=1S/C11H20N4/c1-8(2)9-4-10(5-9)12-6-11-13-7-15(3)14-11/h7-10,12H,4-6H2,1-3H3. The fourth-order valence-electron chi connectivity index (χ4n) is 2.07. The Hall–Kier alpha value is -0.900. The average molecular weight is 208 g/mol. The molecule has 1 aliphatic rings. The fraction of sp³-hybridized carbons (Fsp3) is 0.818. The Bertz CT molecular complexity index is 312. The predicted octanol–water partition coefficient (Wildman–Crippen LogP) is 1.34. The predicted molar refractivity (Wildman–Crippen MR) is 59.2 cm³/mol. The van der Waals surface area contributed by atoms with Crippen LogP contribution in [0, 0.1) is 11.8 Å². The highest BCUT2D eigenvalue weighted by molar-refractivity contribution is 4.89. The van der Waals surface area contributed by atoms with Crippen LogP contribution in [0.15, 0.2) is 6.33 Å². The Morgan fingerprint density at radius 2 is 2.27 bits per heavy atom. The van der Waals surface area contributed by atoms with Crippen molar-refractivity contribution in [1.29, 1.82) is 0 Å². The minimum Gasteiger partial charge on any atom is -0.307 e. The zero-order valence-electron chi connectivity index (χ0n) is 9.77. The molecule has 15 heavy (non-hydrogen) atoms. The van der Waals surface area contributed by atoms with E-state index in [2.05, 4.69) is 29.2 Å². The molecular weight excluding hydrogens is 188 g/mol. The number of aromatic nitrogens is 3. The number of rotatable bonds is 4. The number of nitrogens with one attached hydrogen (secondary N) is 1. The van der Waals surface area contributed by atoms with E-state index in [0.29, 0.717) is 6.04 Å². The highest BCUT2D eigenvalue weighted by atomic mass is 15.3. The van der Waals surface area contributed by atoms with Crippen molar-refractivity contribution in [1.82, 2.24) is 20.1 Å². The summed E-state index contributed by atoms with van der Waals surface area (Å²) < 4.78 is 1.74. The third-order valence-electron chi connectivity index (χ3n) is 3.31. The molecule has 0 radical (unpaired) electrons. The first-order chi connectivity index (χ1) is 7.15. The Morgan fingerprint density at radius 1 is 1.53 bits per heavy atom. The van der Waals surface area contributed by atoms with E-state index in [9.17, 15) is 0 Å². The molecule has 1 fully saturated rings. The molecule has 0 saturated heterocycles. The van der Waals surface area contributed by atoms with Crippen LogP contribution < -0.4 is 5.32 Å². The van der Waals surface area contributed by atoms with Crippen LogP contribution in [0.25, 0.3) is 0 Å². The van der Waals surface area contributed by atoms with Gasteiger partial charge < -0.3 is 5.32 Å². The van der Waals surface area contributed by atoms with Crippen LogP contribution in [0.4, 0.5) is 0 Å². The van der Waals surface area contributed by atoms with Gasteiger partial charge in [-0.05, 0) is 24.7 Å². The third-order valence-corrected chi connectivity index (χ3v) is 3.31. The molecule has 1 aliphatic carbocycles. The molecule has 0 bridgehead atoms. The molecular formula is C11H20N4. The molecule has 2 rings (SSSR count). The van der Waals surface area contributed by atoms with E-state index in [1.54, 1.807) is 11.0 Å². The highest BCUT2D eigenvalue weighted by Gasteiger charge is 2.30. The van der Waals surface area contributed by atoms with Gasteiger partial charge >= 0.3 is 0 Å². The van der Waals surface area contributed by atoms with Crippen molar-refractivity contribution < 1.29 is 0 Å². The van der Waals surface area contributed by atoms with Gasteiger partial charge in [-0.15, -0.1) is 0 Å². The molecule has 0 spiro atoms. The van der Waals surface area contributed by atoms with E-state index >= 15 is 0 Å². The summed E-state index contributed by atoms with van der Waals surface area (Å²) >= 11 is 0. The van der Waals surface area contributed by atoms with E-state index in [1.165, 1.54) is 12.8 Å². The van der Waals surface area contributed by atoms with E-state index in [0.717, 1.165) is 24.2 Å². The summed E-state index contributed by atoms with van der Waals surface area (Å²) in [5.74, 6) is 2.64. The number of hydrogen-bond acceptors (Lipinski definition) is 3. The van der Waals surface area contributed by atoms with Crippen LogP contribution in [0.1, 0.15) is 32.5 Å². The lowest BCUT2D eigenvalue weighted by molar-refractivity contribution is 0.167. The molecule has 0 amide bonds. The van der Waals surface area contributed by atoms with Gasteiger partial charge in [0, 0.05) is 13.1 Å². The number of nitrogens with zero attached hydrogens (tertiary/aromatic N) is 3. The number of hydrogen-bond donors (Lipinski definition) is 1. The topological polar surface area (TPSA) is 42.7 Å². The first-order valence-corrected chi connectivity index (χ1v) is 5.73. The van der Waals surface area contributed by atoms with Gasteiger partial charge in [0.05, 0.1) is 6.54 Å². The van der Waals surface area contributed by atoms with Gasteiger partial charge in [-0.25, -0.2) is 4.98 Å². The summed E-state index contributed by atoms with van der Waals surface area (Å²) in [6.45, 7) is 5.42. The summed E-state index contributed by atoms with van der Waals surface area (Å²) in [7, 11) is 1.90. The molecule has 0 unspecified atom stereocenters. The first-order valence-electron chi connectivity index (χ1n) is 5.73. The lowest BCUT2D eigenvalue weighted by Crippen LogP contribution is -2.42. The zero-order chi connectivity index (χ0) is 10.8. The van der Waals surface area contributed by atoms with Gasteiger partial charge in [0.15, 0.2) is 5.82 Å². The van der Waals surface area contributed by atoms with E-state index < -0.39 is 0 Å². The second-order valence-electron chi connectivity index (χ2n) is 4.89. The van der Waals surface area contributed by atoms with Crippen LogP contribution >= 0.6 is 0 Å². The molecule has 1 aromatic heterocycles. The molecule has 4 heteroatoms. The van der Waals surface area contributed by atoms with Gasteiger partial charge in [-0.1, -0.05) is 13.8 Å². The van der Waals surface area contributed by atoms with Crippen molar-refractivity contribution in [3.05, 3.63) is 12.2 Å². The third kappa shape index (κ3) is 2.56. The lowest BCUT2D eigenvalue weighted by atomic mass is 9.74. The Morgan fingerprint density at radius 3 is 2.80 bits per heavy atom. The van der Waals surface area contributed by atoms with Crippen molar-refractivity contribution in [3.63, 3.8) is 0 Å². The van der Waals surface area contributed by atoms with Crippen LogP contribution in [0.5, 0.6) is 0 Å². The Kier molecular flexibility index (Phi) is 3.05. The molecule has 0 atom stereocenters. The van der Waals surface area contributed by atoms with Crippen molar-refractivity contribution in [3.8, 4) is 0 Å². The molecule has 4 nitrogen and oxygen atoms in total. The van der Waals surface area contributed by atoms with Gasteiger partial charge in [-0.2, -0.15) is 5.10 Å². The zero-order valence-corrected chi connectivity index (χ0v) is 9.77. The molecule has 84 valence electrons. The second kappa shape index (κ2) is 4.31. The molecule has 1 heterocycles. The van der Waals surface area contributed by atoms with Crippen LogP contribution in [0.2, 0.25) is 0 Å². The molecule has 1 N–H and O–H groups in total. The minimum atomic E-state index is 0.682. The monoisotopic (exact) mass is 208 g/mol. The largest absolute Gasteiger partial charge is 0.307 e. The molecule has 1 saturated carbocycles. The van der Waals surface area contributed by atoms with Crippen LogP contribution in [-0.2, 0) is 13.6 Å². The van der Waals surface area contributed by atoms with Crippen molar-refractivity contribution >= 4 is 0 Å². The normalized spacial score (nSPS) is 25.6. The Labute approximate surface area is 91.1 Å². The summed E-state index contributed by atoms with van der Waals surface area (Å²) in [6.07, 6.45) is 4.36. The maximum atomic E-state index is 4.24. The van der Waals surface area contributed by atoms with Crippen LogP contribution in [-0.4, -0.2) is 20.8 Å². The molecule has 0 aliphatic heterocycles. The summed E-state index contributed by atoms with van der Waals surface area (Å²) in [6, 6.07) is 0.682. The lowest BCUT2D eigenvalue weighted by Gasteiger charge is -2.38. The smallest absolute Gasteiger partial charge is 0.164 e.